The molecule has 0 saturated carbocycles. The molecule has 2 fully saturated rings. The Morgan fingerprint density at radius 3 is 2.60 bits per heavy atom. The second kappa shape index (κ2) is 5.83. The van der Waals surface area contributed by atoms with Crippen molar-refractivity contribution in [2.24, 2.45) is 5.73 Å². The van der Waals surface area contributed by atoms with Crippen molar-refractivity contribution in [3.05, 3.63) is 29.8 Å². The number of amides is 1. The van der Waals surface area contributed by atoms with Crippen molar-refractivity contribution in [3.63, 3.8) is 0 Å². The fourth-order valence-corrected chi connectivity index (χ4v) is 3.25. The number of anilines is 1. The Labute approximate surface area is 120 Å². The first kappa shape index (κ1) is 13.4. The van der Waals surface area contributed by atoms with Gasteiger partial charge in [-0.15, -0.1) is 0 Å². The van der Waals surface area contributed by atoms with E-state index in [-0.39, 0.29) is 11.9 Å². The summed E-state index contributed by atoms with van der Waals surface area (Å²) in [5.74, 6) is 0.186. The van der Waals surface area contributed by atoms with Crippen LogP contribution in [0.4, 0.5) is 5.69 Å². The minimum absolute atomic E-state index is 0.00430. The Balaban J connectivity index is 1.77. The number of hydrogen-bond donors (Lipinski definition) is 1. The van der Waals surface area contributed by atoms with Crippen molar-refractivity contribution in [1.29, 1.82) is 0 Å². The summed E-state index contributed by atoms with van der Waals surface area (Å²) >= 11 is 0. The van der Waals surface area contributed by atoms with E-state index in [4.69, 9.17) is 5.73 Å². The predicted octanol–water partition coefficient (Wildman–Crippen LogP) is 1.74. The van der Waals surface area contributed by atoms with E-state index >= 15 is 0 Å². The standard InChI is InChI=1S/C16H23N3O/c17-14-10-16(20)19(12-14)11-13-6-2-3-7-15(13)18-8-4-1-5-9-18/h2-3,6-7,14H,1,4-5,8-12,17H2. The third kappa shape index (κ3) is 2.80. The maximum absolute atomic E-state index is 11.9. The molecule has 0 aliphatic carbocycles. The van der Waals surface area contributed by atoms with Gasteiger partial charge in [-0.2, -0.15) is 0 Å². The second-order valence-electron chi connectivity index (χ2n) is 5.91. The predicted molar refractivity (Wildman–Crippen MR) is 80.5 cm³/mol. The van der Waals surface area contributed by atoms with Crippen molar-refractivity contribution < 1.29 is 4.79 Å². The lowest BCUT2D eigenvalue weighted by atomic mass is 10.1. The number of piperidine rings is 1. The molecular formula is C16H23N3O. The first-order valence-corrected chi connectivity index (χ1v) is 7.60. The zero-order valence-corrected chi connectivity index (χ0v) is 11.9. The summed E-state index contributed by atoms with van der Waals surface area (Å²) in [6.07, 6.45) is 4.35. The van der Waals surface area contributed by atoms with E-state index in [0.29, 0.717) is 19.5 Å². The molecule has 2 heterocycles. The number of likely N-dealkylation sites (tertiary alicyclic amines) is 1. The van der Waals surface area contributed by atoms with Crippen LogP contribution in [0, 0.1) is 0 Å². The highest BCUT2D eigenvalue weighted by molar-refractivity contribution is 5.79. The van der Waals surface area contributed by atoms with Crippen LogP contribution in [0.3, 0.4) is 0 Å². The van der Waals surface area contributed by atoms with Gasteiger partial charge in [-0.1, -0.05) is 18.2 Å². The van der Waals surface area contributed by atoms with E-state index in [2.05, 4.69) is 29.2 Å². The maximum Gasteiger partial charge on any atom is 0.224 e. The molecular weight excluding hydrogens is 250 g/mol. The average Bonchev–Trinajstić information content (AvgIpc) is 2.78. The summed E-state index contributed by atoms with van der Waals surface area (Å²) in [6.45, 7) is 3.64. The molecule has 0 bridgehead atoms. The molecule has 2 N–H and O–H groups in total. The highest BCUT2D eigenvalue weighted by atomic mass is 16.2. The van der Waals surface area contributed by atoms with E-state index in [1.165, 1.54) is 30.5 Å². The van der Waals surface area contributed by atoms with Crippen LogP contribution < -0.4 is 10.6 Å². The molecule has 2 aliphatic heterocycles. The van der Waals surface area contributed by atoms with Crippen LogP contribution in [0.2, 0.25) is 0 Å². The van der Waals surface area contributed by atoms with Gasteiger partial charge in [-0.05, 0) is 30.9 Å². The van der Waals surface area contributed by atoms with E-state index in [0.717, 1.165) is 13.1 Å². The molecule has 1 aromatic carbocycles. The van der Waals surface area contributed by atoms with Crippen LogP contribution >= 0.6 is 0 Å². The van der Waals surface area contributed by atoms with Crippen LogP contribution in [0.15, 0.2) is 24.3 Å². The first-order chi connectivity index (χ1) is 9.74. The van der Waals surface area contributed by atoms with Gasteiger partial charge in [0.15, 0.2) is 0 Å². The quantitative estimate of drug-likeness (QED) is 0.912. The Morgan fingerprint density at radius 2 is 1.90 bits per heavy atom. The average molecular weight is 273 g/mol. The number of benzene rings is 1. The van der Waals surface area contributed by atoms with Gasteiger partial charge in [0.2, 0.25) is 5.91 Å². The molecule has 1 aromatic rings. The molecule has 4 nitrogen and oxygen atoms in total. The fourth-order valence-electron chi connectivity index (χ4n) is 3.25. The van der Waals surface area contributed by atoms with E-state index in [1.807, 2.05) is 4.90 Å². The second-order valence-corrected chi connectivity index (χ2v) is 5.91. The third-order valence-corrected chi connectivity index (χ3v) is 4.29. The fraction of sp³-hybridized carbons (Fsp3) is 0.562. The Hall–Kier alpha value is -1.55. The van der Waals surface area contributed by atoms with Crippen LogP contribution in [-0.4, -0.2) is 36.5 Å². The molecule has 20 heavy (non-hydrogen) atoms. The van der Waals surface area contributed by atoms with Gasteiger partial charge in [0.25, 0.3) is 0 Å². The van der Waals surface area contributed by atoms with Crippen LogP contribution in [0.5, 0.6) is 0 Å². The van der Waals surface area contributed by atoms with Gasteiger partial charge < -0.3 is 15.5 Å². The van der Waals surface area contributed by atoms with Crippen LogP contribution in [0.1, 0.15) is 31.2 Å². The van der Waals surface area contributed by atoms with Gasteiger partial charge in [-0.3, -0.25) is 4.79 Å². The lowest BCUT2D eigenvalue weighted by Gasteiger charge is -2.31. The number of para-hydroxylation sites is 1. The van der Waals surface area contributed by atoms with Gasteiger partial charge in [0, 0.05) is 44.3 Å². The minimum atomic E-state index is 0.00430. The topological polar surface area (TPSA) is 49.6 Å². The molecule has 2 saturated heterocycles. The number of carbonyl (C=O) groups excluding carboxylic acids is 1. The van der Waals surface area contributed by atoms with Gasteiger partial charge in [0.05, 0.1) is 0 Å². The van der Waals surface area contributed by atoms with E-state index in [9.17, 15) is 4.79 Å². The van der Waals surface area contributed by atoms with E-state index < -0.39 is 0 Å². The minimum Gasteiger partial charge on any atom is -0.371 e. The molecule has 1 atom stereocenters. The Kier molecular flexibility index (Phi) is 3.92. The molecule has 0 aromatic heterocycles. The molecule has 0 radical (unpaired) electrons. The summed E-state index contributed by atoms with van der Waals surface area (Å²) in [6, 6.07) is 8.47. The number of nitrogens with two attached hydrogens (primary N) is 1. The monoisotopic (exact) mass is 273 g/mol. The maximum atomic E-state index is 11.9. The summed E-state index contributed by atoms with van der Waals surface area (Å²) in [5, 5.41) is 0. The molecule has 4 heteroatoms. The van der Waals surface area contributed by atoms with Gasteiger partial charge in [-0.25, -0.2) is 0 Å². The molecule has 108 valence electrons. The van der Waals surface area contributed by atoms with Crippen molar-refractivity contribution >= 4 is 11.6 Å². The third-order valence-electron chi connectivity index (χ3n) is 4.29. The molecule has 3 rings (SSSR count). The molecule has 2 aliphatic rings. The Bertz CT molecular complexity index is 482. The zero-order chi connectivity index (χ0) is 13.9. The summed E-state index contributed by atoms with van der Waals surface area (Å²) in [7, 11) is 0. The number of hydrogen-bond acceptors (Lipinski definition) is 3. The first-order valence-electron chi connectivity index (χ1n) is 7.60. The highest BCUT2D eigenvalue weighted by Crippen LogP contribution is 2.26. The van der Waals surface area contributed by atoms with Crippen molar-refractivity contribution in [1.82, 2.24) is 4.90 Å². The molecule has 0 spiro atoms. The van der Waals surface area contributed by atoms with Crippen molar-refractivity contribution in [2.75, 3.05) is 24.5 Å². The summed E-state index contributed by atoms with van der Waals surface area (Å²) in [5.41, 5.74) is 8.42. The summed E-state index contributed by atoms with van der Waals surface area (Å²) < 4.78 is 0. The molecule has 1 unspecified atom stereocenters. The number of nitrogens with zero attached hydrogens (tertiary/aromatic N) is 2. The Morgan fingerprint density at radius 1 is 1.15 bits per heavy atom. The molecule has 1 amide bonds. The van der Waals surface area contributed by atoms with Crippen LogP contribution in [0.25, 0.3) is 0 Å². The van der Waals surface area contributed by atoms with Gasteiger partial charge >= 0.3 is 0 Å². The van der Waals surface area contributed by atoms with Crippen molar-refractivity contribution in [3.8, 4) is 0 Å². The smallest absolute Gasteiger partial charge is 0.224 e. The van der Waals surface area contributed by atoms with Crippen LogP contribution in [-0.2, 0) is 11.3 Å². The zero-order valence-electron chi connectivity index (χ0n) is 11.9. The normalized spacial score (nSPS) is 23.4. The highest BCUT2D eigenvalue weighted by Gasteiger charge is 2.27. The number of carbonyl (C=O) groups is 1. The SMILES string of the molecule is NC1CC(=O)N(Cc2ccccc2N2CCCCC2)C1. The summed E-state index contributed by atoms with van der Waals surface area (Å²) in [4.78, 5) is 16.3. The lowest BCUT2D eigenvalue weighted by molar-refractivity contribution is -0.128. The lowest BCUT2D eigenvalue weighted by Crippen LogP contribution is -2.32. The van der Waals surface area contributed by atoms with Crippen molar-refractivity contribution in [2.45, 2.75) is 38.3 Å². The van der Waals surface area contributed by atoms with E-state index in [1.54, 1.807) is 0 Å². The largest absolute Gasteiger partial charge is 0.371 e. The number of rotatable bonds is 3. The van der Waals surface area contributed by atoms with Gasteiger partial charge in [0.1, 0.15) is 0 Å².